The molecule has 0 aromatic heterocycles. The van der Waals surface area contributed by atoms with Gasteiger partial charge in [0.15, 0.2) is 0 Å². The molecule has 0 heterocycles. The van der Waals surface area contributed by atoms with Crippen molar-refractivity contribution in [3.63, 3.8) is 0 Å². The predicted molar refractivity (Wildman–Crippen MR) is 92.9 cm³/mol. The van der Waals surface area contributed by atoms with E-state index in [0.717, 1.165) is 13.0 Å². The molecular formula is C15H34NNaO3S. The summed E-state index contributed by atoms with van der Waals surface area (Å²) in [6.07, 6.45) is 13.0. The van der Waals surface area contributed by atoms with E-state index >= 15 is 0 Å². The molecule has 4 nitrogen and oxygen atoms in total. The number of rotatable bonds is 14. The first-order chi connectivity index (χ1) is 9.48. The summed E-state index contributed by atoms with van der Waals surface area (Å²) in [5, 5.41) is 2.36. The molecule has 2 N–H and O–H groups in total. The number of nitrogens with one attached hydrogen (secondary N) is 1. The van der Waals surface area contributed by atoms with Crippen molar-refractivity contribution in [1.29, 1.82) is 0 Å². The molecule has 0 aliphatic heterocycles. The van der Waals surface area contributed by atoms with Gasteiger partial charge in [-0.2, -0.15) is 8.42 Å². The predicted octanol–water partition coefficient (Wildman–Crippen LogP) is 3.12. The Morgan fingerprint density at radius 1 is 0.905 bits per heavy atom. The van der Waals surface area contributed by atoms with E-state index in [0.29, 0.717) is 6.54 Å². The van der Waals surface area contributed by atoms with Crippen LogP contribution in [0.5, 0.6) is 0 Å². The fraction of sp³-hybridized carbons (Fsp3) is 1.00. The van der Waals surface area contributed by atoms with Gasteiger partial charge in [0, 0.05) is 6.54 Å². The number of unbranched alkanes of at least 4 members (excludes halogenated alkanes) is 9. The van der Waals surface area contributed by atoms with Crippen LogP contribution in [0.3, 0.4) is 0 Å². The summed E-state index contributed by atoms with van der Waals surface area (Å²) in [4.78, 5) is 0. The Morgan fingerprint density at radius 3 is 1.76 bits per heavy atom. The maximum absolute atomic E-state index is 10.8. The Morgan fingerprint density at radius 2 is 1.33 bits per heavy atom. The molecule has 0 saturated heterocycles. The summed E-state index contributed by atoms with van der Waals surface area (Å²) in [7, 11) is -3.88. The Balaban J connectivity index is 0. The maximum atomic E-state index is 10.8. The summed E-state index contributed by atoms with van der Waals surface area (Å²) < 4.78 is 30.4. The van der Waals surface area contributed by atoms with E-state index in [2.05, 4.69) is 12.2 Å². The molecule has 0 aromatic rings. The zero-order chi connectivity index (χ0) is 15.3. The van der Waals surface area contributed by atoms with Gasteiger partial charge < -0.3 is 5.32 Å². The van der Waals surface area contributed by atoms with Gasteiger partial charge in [0.1, 0.15) is 0 Å². The third kappa shape index (κ3) is 17.1. The van der Waals surface area contributed by atoms with Crippen molar-refractivity contribution in [2.24, 2.45) is 0 Å². The van der Waals surface area contributed by atoms with Crippen molar-refractivity contribution < 1.29 is 13.0 Å². The topological polar surface area (TPSA) is 66.4 Å². The van der Waals surface area contributed by atoms with Gasteiger partial charge in [0.05, 0.1) is 5.25 Å². The van der Waals surface area contributed by atoms with Crippen molar-refractivity contribution in [1.82, 2.24) is 5.32 Å². The third-order valence-corrected chi connectivity index (χ3v) is 4.83. The third-order valence-electron chi connectivity index (χ3n) is 3.65. The quantitative estimate of drug-likeness (QED) is 0.291. The van der Waals surface area contributed by atoms with Crippen LogP contribution < -0.4 is 5.32 Å². The normalized spacial score (nSPS) is 12.9. The molecule has 1 atom stereocenters. The van der Waals surface area contributed by atoms with Crippen LogP contribution in [0.15, 0.2) is 0 Å². The van der Waals surface area contributed by atoms with Crippen LogP contribution in [0.4, 0.5) is 0 Å². The molecule has 1 unspecified atom stereocenters. The molecule has 0 aliphatic rings. The second-order valence-corrected chi connectivity index (χ2v) is 7.55. The van der Waals surface area contributed by atoms with Crippen LogP contribution >= 0.6 is 0 Å². The first kappa shape index (κ1) is 24.1. The molecule has 0 aliphatic carbocycles. The molecule has 124 valence electrons. The van der Waals surface area contributed by atoms with Gasteiger partial charge >= 0.3 is 29.6 Å². The van der Waals surface area contributed by atoms with Crippen molar-refractivity contribution in [3.05, 3.63) is 0 Å². The summed E-state index contributed by atoms with van der Waals surface area (Å²) in [6, 6.07) is 0. The fourth-order valence-corrected chi connectivity index (χ4v) is 2.48. The van der Waals surface area contributed by atoms with E-state index in [1.807, 2.05) is 0 Å². The summed E-state index contributed by atoms with van der Waals surface area (Å²) >= 11 is 0. The van der Waals surface area contributed by atoms with E-state index in [9.17, 15) is 8.42 Å². The van der Waals surface area contributed by atoms with E-state index in [-0.39, 0.29) is 29.6 Å². The molecular weight excluding hydrogens is 297 g/mol. The number of hydrogen-bond acceptors (Lipinski definition) is 3. The number of hydrogen-bond donors (Lipinski definition) is 2. The molecule has 0 rings (SSSR count). The minimum atomic E-state index is -3.88. The van der Waals surface area contributed by atoms with Gasteiger partial charge in [-0.1, -0.05) is 64.7 Å². The second-order valence-electron chi connectivity index (χ2n) is 5.71. The second kappa shape index (κ2) is 15.8. The van der Waals surface area contributed by atoms with E-state index in [1.54, 1.807) is 0 Å². The molecule has 0 fully saturated rings. The molecule has 6 heteroatoms. The molecule has 0 spiro atoms. The molecule has 21 heavy (non-hydrogen) atoms. The first-order valence-corrected chi connectivity index (χ1v) is 9.65. The summed E-state index contributed by atoms with van der Waals surface area (Å²) in [5.74, 6) is 0. The van der Waals surface area contributed by atoms with Crippen LogP contribution in [0, 0.1) is 0 Å². The summed E-state index contributed by atoms with van der Waals surface area (Å²) in [5.41, 5.74) is 0. The average Bonchev–Trinajstić information content (AvgIpc) is 2.38. The fourth-order valence-electron chi connectivity index (χ4n) is 2.15. The van der Waals surface area contributed by atoms with Gasteiger partial charge in [-0.05, 0) is 19.9 Å². The van der Waals surface area contributed by atoms with Crippen LogP contribution in [-0.4, -0.2) is 60.9 Å². The van der Waals surface area contributed by atoms with Crippen molar-refractivity contribution in [2.75, 3.05) is 13.1 Å². The Kier molecular flexibility index (Phi) is 18.1. The Bertz CT molecular complexity index is 310. The zero-order valence-corrected chi connectivity index (χ0v) is 14.1. The Labute approximate surface area is 153 Å². The van der Waals surface area contributed by atoms with Gasteiger partial charge in [-0.25, -0.2) is 0 Å². The molecule has 0 radical (unpaired) electrons. The monoisotopic (exact) mass is 331 g/mol. The Hall–Kier alpha value is 0.870. The standard InChI is InChI=1S/C15H33NO3S.Na.H/c1-3-4-5-6-7-8-9-10-11-12-13-16-14-15(2)20(17,18)19;;/h15-16H,3-14H2,1-2H3,(H,17,18,19);;. The van der Waals surface area contributed by atoms with Crippen LogP contribution in [0.2, 0.25) is 0 Å². The SMILES string of the molecule is CCCCCCCCCCCCNCC(C)S(=O)(=O)O.[NaH]. The van der Waals surface area contributed by atoms with Crippen molar-refractivity contribution in [2.45, 2.75) is 83.3 Å². The van der Waals surface area contributed by atoms with E-state index in [4.69, 9.17) is 4.55 Å². The average molecular weight is 331 g/mol. The molecule has 0 saturated carbocycles. The molecule has 0 bridgehead atoms. The van der Waals surface area contributed by atoms with Crippen molar-refractivity contribution in [3.8, 4) is 0 Å². The van der Waals surface area contributed by atoms with Gasteiger partial charge in [-0.3, -0.25) is 4.55 Å². The van der Waals surface area contributed by atoms with E-state index < -0.39 is 15.4 Å². The van der Waals surface area contributed by atoms with Gasteiger partial charge in [-0.15, -0.1) is 0 Å². The summed E-state index contributed by atoms with van der Waals surface area (Å²) in [6.45, 7) is 4.91. The molecule has 0 amide bonds. The van der Waals surface area contributed by atoms with Gasteiger partial charge in [0.2, 0.25) is 0 Å². The van der Waals surface area contributed by atoms with E-state index in [1.165, 1.54) is 64.7 Å². The van der Waals surface area contributed by atoms with Crippen molar-refractivity contribution >= 4 is 39.7 Å². The first-order valence-electron chi connectivity index (χ1n) is 8.15. The van der Waals surface area contributed by atoms with Gasteiger partial charge in [0.25, 0.3) is 10.1 Å². The zero-order valence-electron chi connectivity index (χ0n) is 13.2. The van der Waals surface area contributed by atoms with Crippen LogP contribution in [0.25, 0.3) is 0 Å². The van der Waals surface area contributed by atoms with Crippen LogP contribution in [-0.2, 0) is 10.1 Å². The van der Waals surface area contributed by atoms with Crippen LogP contribution in [0.1, 0.15) is 78.1 Å². The minimum absolute atomic E-state index is 0. The molecule has 0 aromatic carbocycles.